The van der Waals surface area contributed by atoms with Crippen LogP contribution in [0.5, 0.6) is 11.5 Å². The highest BCUT2D eigenvalue weighted by Gasteiger charge is 2.55. The average Bonchev–Trinajstić information content (AvgIpc) is 3.55. The van der Waals surface area contributed by atoms with E-state index >= 15 is 0 Å². The molecule has 2 aromatic carbocycles. The Hall–Kier alpha value is -3.23. The maximum atomic E-state index is 12.3. The number of hydrogen-bond acceptors (Lipinski definition) is 11. The molecule has 1 spiro atoms. The summed E-state index contributed by atoms with van der Waals surface area (Å²) in [6.45, 7) is 4.03. The number of thioether (sulfide) groups is 1. The van der Waals surface area contributed by atoms with E-state index in [2.05, 4.69) is 0 Å². The van der Waals surface area contributed by atoms with E-state index in [9.17, 15) is 30.0 Å². The summed E-state index contributed by atoms with van der Waals surface area (Å²) in [6, 6.07) is 13.0. The standard InChI is InChI=1S/C32H33NO10S/c34-18-9-10-32-22-8-7-20(41-31-26(37)24(35)25(36)28(42-31)30(38)39)16-21(22)29(44-23(32)15-18)27(43-32)17-3-5-19(6-4-17)40-14-13-33-11-1-2-12-33/h3-10,15-16,24-29,31,35-37H,1-2,11-14H2,(H,38,39)/t24-,25-,26+,27-,28-,29+,31+,32+/m0/s1. The molecule has 0 radical (unpaired) electrons. The molecule has 2 aromatic rings. The largest absolute Gasteiger partial charge is 0.547 e. The highest BCUT2D eigenvalue weighted by Crippen LogP contribution is 2.66. The Labute approximate surface area is 257 Å². The minimum atomic E-state index is -1.88. The normalized spacial score (nSPS) is 34.3. The third kappa shape index (κ3) is 5.14. The van der Waals surface area contributed by atoms with Crippen LogP contribution in [0.2, 0.25) is 0 Å². The summed E-state index contributed by atoms with van der Waals surface area (Å²) in [6.07, 6.45) is -1.84. The lowest BCUT2D eigenvalue weighted by molar-refractivity contribution is -0.887. The third-order valence-electron chi connectivity index (χ3n) is 8.99. The molecule has 5 aliphatic heterocycles. The van der Waals surface area contributed by atoms with Crippen molar-refractivity contribution in [3.05, 3.63) is 82.3 Å². The van der Waals surface area contributed by atoms with Crippen LogP contribution in [0, 0.1) is 0 Å². The number of benzene rings is 2. The molecule has 6 aliphatic rings. The number of aliphatic hydroxyl groups is 3. The lowest BCUT2D eigenvalue weighted by atomic mass is 9.79. The molecule has 0 amide bonds. The fraction of sp³-hybridized carbons (Fsp3) is 0.438. The molecule has 8 atom stereocenters. The molecule has 0 saturated carbocycles. The van der Waals surface area contributed by atoms with Gasteiger partial charge in [-0.1, -0.05) is 18.2 Å². The first-order chi connectivity index (χ1) is 21.2. The first-order valence-electron chi connectivity index (χ1n) is 14.8. The second kappa shape index (κ2) is 11.6. The van der Waals surface area contributed by atoms with Crippen LogP contribution in [0.1, 0.15) is 40.9 Å². The van der Waals surface area contributed by atoms with Crippen LogP contribution in [-0.4, -0.2) is 84.0 Å². The SMILES string of the molecule is O=C1C=C[C@]23O[C@@H](c4ccc(OCC[NH+]5CCCC5)cc4)[C@H](SC2=C1)c1cc(O[C@@H]2O[C@H](C(=O)[O-])[C@@H](O)[C@H](O)[C@H]2O)ccc13. The van der Waals surface area contributed by atoms with Crippen molar-refractivity contribution in [3.63, 3.8) is 0 Å². The molecule has 44 heavy (non-hydrogen) atoms. The number of carbonyl (C=O) groups excluding carboxylic acids is 2. The summed E-state index contributed by atoms with van der Waals surface area (Å²) in [5.74, 6) is -0.817. The van der Waals surface area contributed by atoms with Crippen LogP contribution in [0.3, 0.4) is 0 Å². The van der Waals surface area contributed by atoms with Crippen molar-refractivity contribution in [1.29, 1.82) is 0 Å². The topological polar surface area (TPSA) is 159 Å². The van der Waals surface area contributed by atoms with Crippen LogP contribution in [-0.2, 0) is 24.7 Å². The monoisotopic (exact) mass is 623 g/mol. The van der Waals surface area contributed by atoms with E-state index in [1.54, 1.807) is 35.3 Å². The van der Waals surface area contributed by atoms with Crippen molar-refractivity contribution in [2.75, 3.05) is 26.2 Å². The number of aliphatic hydroxyl groups excluding tert-OH is 3. The van der Waals surface area contributed by atoms with Crippen LogP contribution < -0.4 is 19.5 Å². The summed E-state index contributed by atoms with van der Waals surface area (Å²) >= 11 is 1.53. The van der Waals surface area contributed by atoms with Crippen LogP contribution in [0.15, 0.2) is 65.6 Å². The Bertz CT molecular complexity index is 1500. The van der Waals surface area contributed by atoms with Gasteiger partial charge in [-0.3, -0.25) is 4.79 Å². The number of hydrogen-bond donors (Lipinski definition) is 4. The Morgan fingerprint density at radius 3 is 2.55 bits per heavy atom. The van der Waals surface area contributed by atoms with E-state index in [0.29, 0.717) is 6.61 Å². The van der Waals surface area contributed by atoms with Crippen molar-refractivity contribution in [2.24, 2.45) is 0 Å². The van der Waals surface area contributed by atoms with Gasteiger partial charge in [0.1, 0.15) is 60.8 Å². The van der Waals surface area contributed by atoms with Gasteiger partial charge in [0.2, 0.25) is 6.29 Å². The third-order valence-corrected chi connectivity index (χ3v) is 10.4. The minimum absolute atomic E-state index is 0.115. The molecule has 1 aliphatic carbocycles. The van der Waals surface area contributed by atoms with Gasteiger partial charge < -0.3 is 49.1 Å². The summed E-state index contributed by atoms with van der Waals surface area (Å²) in [5, 5.41) is 41.8. The first kappa shape index (κ1) is 29.5. The van der Waals surface area contributed by atoms with Crippen LogP contribution >= 0.6 is 11.8 Å². The van der Waals surface area contributed by atoms with E-state index in [1.165, 1.54) is 43.8 Å². The number of carboxylic acid groups (broad SMARTS) is 1. The average molecular weight is 624 g/mol. The number of carboxylic acids is 1. The molecule has 11 nitrogen and oxygen atoms in total. The Kier molecular flexibility index (Phi) is 7.78. The molecule has 2 bridgehead atoms. The molecule has 3 fully saturated rings. The number of likely N-dealkylation sites (tertiary alicyclic amines) is 1. The van der Waals surface area contributed by atoms with Crippen molar-refractivity contribution >= 4 is 23.5 Å². The highest BCUT2D eigenvalue weighted by atomic mass is 32.2. The maximum Gasteiger partial charge on any atom is 0.229 e. The first-order valence-corrected chi connectivity index (χ1v) is 15.7. The Morgan fingerprint density at radius 2 is 1.80 bits per heavy atom. The quantitative estimate of drug-likeness (QED) is 0.299. The second-order valence-corrected chi connectivity index (χ2v) is 12.9. The van der Waals surface area contributed by atoms with Gasteiger partial charge in [0.25, 0.3) is 0 Å². The molecule has 0 aromatic heterocycles. The number of nitrogens with one attached hydrogen (secondary N) is 1. The van der Waals surface area contributed by atoms with Gasteiger partial charge in [-0.25, -0.2) is 0 Å². The van der Waals surface area contributed by atoms with Crippen molar-refractivity contribution in [1.82, 2.24) is 0 Å². The zero-order valence-corrected chi connectivity index (χ0v) is 24.5. The van der Waals surface area contributed by atoms with Gasteiger partial charge in [-0.2, -0.15) is 0 Å². The number of carbonyl (C=O) groups is 2. The Morgan fingerprint density at radius 1 is 1.05 bits per heavy atom. The molecule has 4 N–H and O–H groups in total. The number of rotatable bonds is 8. The predicted molar refractivity (Wildman–Crippen MR) is 154 cm³/mol. The molecule has 232 valence electrons. The highest BCUT2D eigenvalue weighted by molar-refractivity contribution is 8.03. The lowest BCUT2D eigenvalue weighted by Crippen LogP contribution is -3.10. The summed E-state index contributed by atoms with van der Waals surface area (Å²) in [5.41, 5.74) is 1.65. The fourth-order valence-corrected chi connectivity index (χ4v) is 8.17. The number of aliphatic carboxylic acids is 1. The lowest BCUT2D eigenvalue weighted by Gasteiger charge is -2.52. The van der Waals surface area contributed by atoms with Gasteiger partial charge in [-0.05, 0) is 59.2 Å². The van der Waals surface area contributed by atoms with Gasteiger partial charge >= 0.3 is 0 Å². The smallest absolute Gasteiger partial charge is 0.229 e. The number of quaternary nitrogens is 1. The predicted octanol–water partition coefficient (Wildman–Crippen LogP) is -0.542. The molecule has 12 heteroatoms. The maximum absolute atomic E-state index is 12.3. The van der Waals surface area contributed by atoms with E-state index in [0.717, 1.165) is 33.9 Å². The van der Waals surface area contributed by atoms with Crippen molar-refractivity contribution in [3.8, 4) is 11.5 Å². The molecule has 0 unspecified atom stereocenters. The summed E-state index contributed by atoms with van der Waals surface area (Å²) in [7, 11) is 0. The molecule has 8 rings (SSSR count). The number of fused-ring (bicyclic) bond motifs is 1. The van der Waals surface area contributed by atoms with E-state index < -0.39 is 48.4 Å². The summed E-state index contributed by atoms with van der Waals surface area (Å²) in [4.78, 5) is 26.1. The minimum Gasteiger partial charge on any atom is -0.547 e. The van der Waals surface area contributed by atoms with E-state index in [4.69, 9.17) is 18.9 Å². The number of allylic oxidation sites excluding steroid dienone is 2. The van der Waals surface area contributed by atoms with E-state index in [-0.39, 0.29) is 16.8 Å². The van der Waals surface area contributed by atoms with Crippen LogP contribution in [0.4, 0.5) is 0 Å². The summed E-state index contributed by atoms with van der Waals surface area (Å²) < 4.78 is 23.9. The van der Waals surface area contributed by atoms with Crippen molar-refractivity contribution in [2.45, 2.75) is 60.5 Å². The number of ketones is 1. The fourth-order valence-electron chi connectivity index (χ4n) is 6.66. The van der Waals surface area contributed by atoms with Gasteiger partial charge in [-0.15, -0.1) is 11.8 Å². The van der Waals surface area contributed by atoms with Crippen LogP contribution in [0.25, 0.3) is 0 Å². The van der Waals surface area contributed by atoms with Gasteiger partial charge in [0, 0.05) is 17.7 Å². The van der Waals surface area contributed by atoms with Gasteiger partial charge in [0.15, 0.2) is 5.78 Å². The zero-order chi connectivity index (χ0) is 30.6. The Balaban J connectivity index is 1.15. The van der Waals surface area contributed by atoms with Crippen molar-refractivity contribution < 1.29 is 53.9 Å². The second-order valence-electron chi connectivity index (χ2n) is 11.8. The number of ether oxygens (including phenoxy) is 4. The molecule has 5 heterocycles. The zero-order valence-electron chi connectivity index (χ0n) is 23.7. The van der Waals surface area contributed by atoms with E-state index in [1.807, 2.05) is 24.3 Å². The molecular formula is C32H33NO10S. The molecular weight excluding hydrogens is 590 g/mol. The van der Waals surface area contributed by atoms with Gasteiger partial charge in [0.05, 0.1) is 24.3 Å². The molecule has 3 saturated heterocycles.